The van der Waals surface area contributed by atoms with Gasteiger partial charge in [-0.25, -0.2) is 0 Å². The van der Waals surface area contributed by atoms with Crippen LogP contribution in [-0.2, 0) is 0 Å². The third-order valence-corrected chi connectivity index (χ3v) is 7.46. The van der Waals surface area contributed by atoms with Crippen LogP contribution in [0.25, 0.3) is 0 Å². The third-order valence-electron chi connectivity index (χ3n) is 1.66. The van der Waals surface area contributed by atoms with E-state index in [4.69, 9.17) is 0 Å². The van der Waals surface area contributed by atoms with Crippen molar-refractivity contribution in [3.05, 3.63) is 0 Å². The van der Waals surface area contributed by atoms with Gasteiger partial charge in [0.2, 0.25) is 0 Å². The van der Waals surface area contributed by atoms with Crippen molar-refractivity contribution < 1.29 is 0 Å². The molecule has 0 aromatic carbocycles. The topological polar surface area (TPSA) is 0 Å². The van der Waals surface area contributed by atoms with E-state index in [2.05, 4.69) is 13.8 Å². The van der Waals surface area contributed by atoms with Gasteiger partial charge in [0, 0.05) is 0 Å². The second-order valence-corrected chi connectivity index (χ2v) is 8.07. The number of unbranched alkanes of at least 4 members (excludes halogenated alkanes) is 2. The molecule has 0 aliphatic heterocycles. The molecule has 74 valence electrons. The van der Waals surface area contributed by atoms with Gasteiger partial charge in [-0.3, -0.25) is 0 Å². The number of hydrogen-bond acceptors (Lipinski definition) is 0. The Bertz CT molecular complexity index is 64.2. The van der Waals surface area contributed by atoms with Crippen LogP contribution in [0.2, 0.25) is 21.3 Å². The first-order valence-corrected chi connectivity index (χ1v) is 9.91. The fraction of sp³-hybridized carbons (Fsp3) is 1.00. The second-order valence-electron chi connectivity index (χ2n) is 2.93. The molecule has 0 unspecified atom stereocenters. The minimum atomic E-state index is 0.990. The maximum atomic E-state index is 2.29. The van der Waals surface area contributed by atoms with Crippen LogP contribution in [0.1, 0.15) is 39.5 Å². The van der Waals surface area contributed by atoms with Crippen molar-refractivity contribution >= 4 is 29.9 Å². The molecule has 0 spiro atoms. The molecule has 0 amide bonds. The summed E-state index contributed by atoms with van der Waals surface area (Å²) in [5.74, 6) is 0. The van der Waals surface area contributed by atoms with Crippen molar-refractivity contribution in [1.82, 2.24) is 0 Å². The van der Waals surface area contributed by atoms with Gasteiger partial charge in [-0.15, -0.1) is 0 Å². The first kappa shape index (κ1) is 13.0. The zero-order valence-corrected chi connectivity index (χ0v) is 11.9. The molecule has 0 aliphatic carbocycles. The van der Waals surface area contributed by atoms with Crippen molar-refractivity contribution in [2.75, 3.05) is 0 Å². The molecule has 0 saturated heterocycles. The Morgan fingerprint density at radius 2 is 1.08 bits per heavy atom. The molecule has 2 heteroatoms. The summed E-state index contributed by atoms with van der Waals surface area (Å²) in [6.07, 6.45) is 5.73. The first-order valence-electron chi connectivity index (χ1n) is 5.07. The molecule has 0 bridgehead atoms. The Morgan fingerprint density at radius 1 is 0.667 bits per heavy atom. The first-order chi connectivity index (χ1) is 5.91. The molecule has 0 N–H and O–H groups in total. The summed E-state index contributed by atoms with van der Waals surface area (Å²) in [5, 5.41) is 6.20. The zero-order chi connectivity index (χ0) is 9.07. The van der Waals surface area contributed by atoms with Gasteiger partial charge >= 0.3 is 90.7 Å². The SMILES string of the molecule is CCCC[Se]CC[Se]CCCC. The van der Waals surface area contributed by atoms with E-state index in [0.29, 0.717) is 0 Å². The van der Waals surface area contributed by atoms with Crippen molar-refractivity contribution in [3.63, 3.8) is 0 Å². The summed E-state index contributed by atoms with van der Waals surface area (Å²) in [4.78, 5) is 0. The fourth-order valence-corrected chi connectivity index (χ4v) is 6.80. The van der Waals surface area contributed by atoms with E-state index in [1.54, 1.807) is 10.6 Å². The van der Waals surface area contributed by atoms with Crippen molar-refractivity contribution in [3.8, 4) is 0 Å². The number of rotatable bonds is 9. The summed E-state index contributed by atoms with van der Waals surface area (Å²) in [7, 11) is 0. The Kier molecular flexibility index (Phi) is 13.1. The summed E-state index contributed by atoms with van der Waals surface area (Å²) in [6, 6.07) is 0. The van der Waals surface area contributed by atoms with E-state index in [-0.39, 0.29) is 0 Å². The van der Waals surface area contributed by atoms with Crippen molar-refractivity contribution in [2.45, 2.75) is 60.8 Å². The maximum absolute atomic E-state index is 2.29. The van der Waals surface area contributed by atoms with E-state index < -0.39 is 0 Å². The predicted molar refractivity (Wildman–Crippen MR) is 60.6 cm³/mol. The summed E-state index contributed by atoms with van der Waals surface area (Å²) in [5.41, 5.74) is 0. The molecular formula is C10H22Se2. The predicted octanol–water partition coefficient (Wildman–Crippen LogP) is 3.67. The molecule has 0 heterocycles. The molecule has 0 rings (SSSR count). The van der Waals surface area contributed by atoms with Gasteiger partial charge in [-0.05, 0) is 0 Å². The molecule has 12 heavy (non-hydrogen) atoms. The monoisotopic (exact) mass is 302 g/mol. The van der Waals surface area contributed by atoms with E-state index in [9.17, 15) is 0 Å². The second kappa shape index (κ2) is 12.0. The van der Waals surface area contributed by atoms with Crippen LogP contribution in [0.3, 0.4) is 0 Å². The van der Waals surface area contributed by atoms with Crippen LogP contribution < -0.4 is 0 Å². The molecule has 0 aliphatic rings. The van der Waals surface area contributed by atoms with Crippen LogP contribution in [0.15, 0.2) is 0 Å². The Balaban J connectivity index is 2.73. The molecular weight excluding hydrogens is 278 g/mol. The van der Waals surface area contributed by atoms with Gasteiger partial charge in [0.05, 0.1) is 0 Å². The van der Waals surface area contributed by atoms with E-state index in [1.807, 2.05) is 0 Å². The van der Waals surface area contributed by atoms with Gasteiger partial charge in [0.1, 0.15) is 0 Å². The van der Waals surface area contributed by atoms with Crippen LogP contribution >= 0.6 is 0 Å². The summed E-state index contributed by atoms with van der Waals surface area (Å²) >= 11 is 1.98. The Hall–Kier alpha value is 1.04. The Morgan fingerprint density at radius 3 is 1.42 bits per heavy atom. The van der Waals surface area contributed by atoms with Gasteiger partial charge in [0.15, 0.2) is 0 Å². The Labute approximate surface area is 90.6 Å². The normalized spacial score (nSPS) is 10.5. The molecule has 0 atom stereocenters. The molecule has 0 nitrogen and oxygen atoms in total. The van der Waals surface area contributed by atoms with Gasteiger partial charge in [-0.2, -0.15) is 0 Å². The average Bonchev–Trinajstić information content (AvgIpc) is 2.10. The zero-order valence-electron chi connectivity index (χ0n) is 8.47. The van der Waals surface area contributed by atoms with Gasteiger partial charge < -0.3 is 0 Å². The van der Waals surface area contributed by atoms with E-state index in [1.165, 1.54) is 36.3 Å². The van der Waals surface area contributed by atoms with Crippen LogP contribution in [0.4, 0.5) is 0 Å². The number of hydrogen-bond donors (Lipinski definition) is 0. The van der Waals surface area contributed by atoms with Crippen LogP contribution in [0, 0.1) is 0 Å². The van der Waals surface area contributed by atoms with E-state index >= 15 is 0 Å². The van der Waals surface area contributed by atoms with Crippen LogP contribution in [-0.4, -0.2) is 29.9 Å². The van der Waals surface area contributed by atoms with Gasteiger partial charge in [-0.1, -0.05) is 0 Å². The minimum absolute atomic E-state index is 0.990. The molecule has 0 saturated carbocycles. The van der Waals surface area contributed by atoms with E-state index in [0.717, 1.165) is 29.9 Å². The van der Waals surface area contributed by atoms with Crippen molar-refractivity contribution in [1.29, 1.82) is 0 Å². The molecule has 0 radical (unpaired) electrons. The third kappa shape index (κ3) is 11.0. The summed E-state index contributed by atoms with van der Waals surface area (Å²) in [6.45, 7) is 4.59. The van der Waals surface area contributed by atoms with Gasteiger partial charge in [0.25, 0.3) is 0 Å². The van der Waals surface area contributed by atoms with Crippen LogP contribution in [0.5, 0.6) is 0 Å². The van der Waals surface area contributed by atoms with Crippen molar-refractivity contribution in [2.24, 2.45) is 0 Å². The molecule has 0 aromatic heterocycles. The fourth-order valence-electron chi connectivity index (χ4n) is 0.815. The average molecular weight is 300 g/mol. The molecule has 0 aromatic rings. The quantitative estimate of drug-likeness (QED) is 0.450. The standard InChI is InChI=1S/C10H22Se2/c1-3-5-7-11-9-10-12-8-6-4-2/h3-10H2,1-2H3. The molecule has 0 fully saturated rings. The summed E-state index contributed by atoms with van der Waals surface area (Å²) < 4.78 is 0.